The van der Waals surface area contributed by atoms with Crippen molar-refractivity contribution in [2.75, 3.05) is 13.1 Å². The standard InChI is InChI=1S/C14H21N3O2/c1-11-15-7-6-13(16-11)10-17-8-2-3-12(9-17)4-5-14(18)19/h6-7,12H,2-5,8-10H2,1H3,(H,18,19). The van der Waals surface area contributed by atoms with E-state index in [1.54, 1.807) is 6.20 Å². The minimum absolute atomic E-state index is 0.283. The SMILES string of the molecule is Cc1nccc(CN2CCCC(CCC(=O)O)C2)n1. The molecule has 1 saturated heterocycles. The number of likely N-dealkylation sites (tertiary alicyclic amines) is 1. The molecule has 1 N–H and O–H groups in total. The number of aliphatic carboxylic acids is 1. The number of aromatic nitrogens is 2. The fraction of sp³-hybridized carbons (Fsp3) is 0.643. The zero-order valence-corrected chi connectivity index (χ0v) is 11.4. The third kappa shape index (κ3) is 4.59. The summed E-state index contributed by atoms with van der Waals surface area (Å²) in [5, 5.41) is 8.75. The molecular weight excluding hydrogens is 242 g/mol. The molecule has 1 aromatic heterocycles. The first-order valence-corrected chi connectivity index (χ1v) is 6.86. The maximum absolute atomic E-state index is 10.6. The summed E-state index contributed by atoms with van der Waals surface area (Å²) in [4.78, 5) is 21.5. The molecule has 0 aromatic carbocycles. The van der Waals surface area contributed by atoms with Gasteiger partial charge in [-0.15, -0.1) is 0 Å². The summed E-state index contributed by atoms with van der Waals surface area (Å²) in [6.07, 6.45) is 5.16. The molecule has 0 spiro atoms. The molecule has 0 bridgehead atoms. The number of carboxylic acids is 1. The number of piperidine rings is 1. The van der Waals surface area contributed by atoms with Crippen molar-refractivity contribution in [1.82, 2.24) is 14.9 Å². The molecule has 5 heteroatoms. The van der Waals surface area contributed by atoms with Crippen LogP contribution in [0.25, 0.3) is 0 Å². The minimum atomic E-state index is -0.691. The van der Waals surface area contributed by atoms with Gasteiger partial charge >= 0.3 is 5.97 Å². The van der Waals surface area contributed by atoms with Crippen molar-refractivity contribution in [2.24, 2.45) is 5.92 Å². The molecule has 1 fully saturated rings. The number of carbonyl (C=O) groups is 1. The first kappa shape index (κ1) is 13.9. The van der Waals surface area contributed by atoms with Crippen LogP contribution in [0.2, 0.25) is 0 Å². The highest BCUT2D eigenvalue weighted by Crippen LogP contribution is 2.22. The molecule has 1 unspecified atom stereocenters. The van der Waals surface area contributed by atoms with Gasteiger partial charge < -0.3 is 5.11 Å². The van der Waals surface area contributed by atoms with E-state index in [0.29, 0.717) is 5.92 Å². The predicted octanol–water partition coefficient (Wildman–Crippen LogP) is 1.86. The monoisotopic (exact) mass is 263 g/mol. The van der Waals surface area contributed by atoms with Gasteiger partial charge in [0, 0.05) is 25.7 Å². The normalized spacial score (nSPS) is 20.4. The Bertz CT molecular complexity index is 436. The van der Waals surface area contributed by atoms with Crippen LogP contribution in [0.5, 0.6) is 0 Å². The fourth-order valence-electron chi connectivity index (χ4n) is 2.68. The van der Waals surface area contributed by atoms with Gasteiger partial charge in [-0.05, 0) is 44.7 Å². The van der Waals surface area contributed by atoms with Crippen molar-refractivity contribution in [3.8, 4) is 0 Å². The van der Waals surface area contributed by atoms with Crippen LogP contribution in [-0.4, -0.2) is 39.0 Å². The molecule has 1 aliphatic rings. The van der Waals surface area contributed by atoms with Crippen molar-refractivity contribution in [3.05, 3.63) is 23.8 Å². The Balaban J connectivity index is 1.85. The van der Waals surface area contributed by atoms with Crippen LogP contribution < -0.4 is 0 Å². The lowest BCUT2D eigenvalue weighted by Gasteiger charge is -2.32. The largest absolute Gasteiger partial charge is 0.481 e. The molecule has 5 nitrogen and oxygen atoms in total. The van der Waals surface area contributed by atoms with E-state index in [4.69, 9.17) is 5.11 Å². The molecule has 0 aliphatic carbocycles. The van der Waals surface area contributed by atoms with Gasteiger partial charge in [-0.1, -0.05) is 0 Å². The highest BCUT2D eigenvalue weighted by Gasteiger charge is 2.20. The summed E-state index contributed by atoms with van der Waals surface area (Å²) in [6, 6.07) is 1.95. The van der Waals surface area contributed by atoms with E-state index in [-0.39, 0.29) is 6.42 Å². The van der Waals surface area contributed by atoms with Crippen molar-refractivity contribution in [2.45, 2.75) is 39.2 Å². The third-order valence-electron chi connectivity index (χ3n) is 3.59. The van der Waals surface area contributed by atoms with Gasteiger partial charge in [0.15, 0.2) is 0 Å². The number of rotatable bonds is 5. The zero-order valence-electron chi connectivity index (χ0n) is 11.4. The molecule has 1 aliphatic heterocycles. The van der Waals surface area contributed by atoms with Gasteiger partial charge in [-0.25, -0.2) is 9.97 Å². The van der Waals surface area contributed by atoms with Crippen LogP contribution >= 0.6 is 0 Å². The van der Waals surface area contributed by atoms with E-state index in [2.05, 4.69) is 14.9 Å². The second-order valence-corrected chi connectivity index (χ2v) is 5.27. The quantitative estimate of drug-likeness (QED) is 0.878. The van der Waals surface area contributed by atoms with E-state index in [0.717, 1.165) is 50.4 Å². The van der Waals surface area contributed by atoms with Crippen LogP contribution in [0.15, 0.2) is 12.3 Å². The van der Waals surface area contributed by atoms with Gasteiger partial charge in [-0.3, -0.25) is 9.69 Å². The topological polar surface area (TPSA) is 66.3 Å². The summed E-state index contributed by atoms with van der Waals surface area (Å²) in [5.74, 6) is 0.619. The van der Waals surface area contributed by atoms with Crippen molar-refractivity contribution in [3.63, 3.8) is 0 Å². The Morgan fingerprint density at radius 2 is 2.42 bits per heavy atom. The highest BCUT2D eigenvalue weighted by atomic mass is 16.4. The van der Waals surface area contributed by atoms with E-state index in [9.17, 15) is 4.79 Å². The highest BCUT2D eigenvalue weighted by molar-refractivity contribution is 5.66. The smallest absolute Gasteiger partial charge is 0.303 e. The Labute approximate surface area is 113 Å². The van der Waals surface area contributed by atoms with Crippen LogP contribution in [-0.2, 0) is 11.3 Å². The molecule has 1 aromatic rings. The summed E-state index contributed by atoms with van der Waals surface area (Å²) in [6.45, 7) is 4.80. The number of carboxylic acid groups (broad SMARTS) is 1. The second kappa shape index (κ2) is 6.61. The molecule has 0 saturated carbocycles. The average molecular weight is 263 g/mol. The molecule has 2 heterocycles. The van der Waals surface area contributed by atoms with E-state index >= 15 is 0 Å². The van der Waals surface area contributed by atoms with Gasteiger partial charge in [0.05, 0.1) is 5.69 Å². The van der Waals surface area contributed by atoms with Crippen molar-refractivity contribution in [1.29, 1.82) is 0 Å². The van der Waals surface area contributed by atoms with Crippen LogP contribution in [0.1, 0.15) is 37.2 Å². The van der Waals surface area contributed by atoms with Gasteiger partial charge in [-0.2, -0.15) is 0 Å². The molecule has 1 atom stereocenters. The predicted molar refractivity (Wildman–Crippen MR) is 71.6 cm³/mol. The lowest BCUT2D eigenvalue weighted by molar-refractivity contribution is -0.137. The van der Waals surface area contributed by atoms with Crippen molar-refractivity contribution >= 4 is 5.97 Å². The van der Waals surface area contributed by atoms with Crippen LogP contribution in [0, 0.1) is 12.8 Å². The molecule has 2 rings (SSSR count). The summed E-state index contributed by atoms with van der Waals surface area (Å²) < 4.78 is 0. The molecule has 19 heavy (non-hydrogen) atoms. The second-order valence-electron chi connectivity index (χ2n) is 5.27. The number of aryl methyl sites for hydroxylation is 1. The first-order valence-electron chi connectivity index (χ1n) is 6.86. The van der Waals surface area contributed by atoms with E-state index in [1.807, 2.05) is 13.0 Å². The Kier molecular flexibility index (Phi) is 4.85. The molecule has 104 valence electrons. The van der Waals surface area contributed by atoms with Gasteiger partial charge in [0.25, 0.3) is 0 Å². The first-order chi connectivity index (χ1) is 9.13. The van der Waals surface area contributed by atoms with E-state index < -0.39 is 5.97 Å². The third-order valence-corrected chi connectivity index (χ3v) is 3.59. The van der Waals surface area contributed by atoms with Gasteiger partial charge in [0.2, 0.25) is 0 Å². The fourth-order valence-corrected chi connectivity index (χ4v) is 2.68. The Morgan fingerprint density at radius 3 is 3.16 bits per heavy atom. The lowest BCUT2D eigenvalue weighted by atomic mass is 9.93. The van der Waals surface area contributed by atoms with Crippen molar-refractivity contribution < 1.29 is 9.90 Å². The zero-order chi connectivity index (χ0) is 13.7. The number of nitrogens with zero attached hydrogens (tertiary/aromatic N) is 3. The average Bonchev–Trinajstić information content (AvgIpc) is 2.37. The molecule has 0 amide bonds. The maximum atomic E-state index is 10.6. The Morgan fingerprint density at radius 1 is 1.58 bits per heavy atom. The van der Waals surface area contributed by atoms with E-state index in [1.165, 1.54) is 0 Å². The summed E-state index contributed by atoms with van der Waals surface area (Å²) in [5.41, 5.74) is 1.05. The lowest BCUT2D eigenvalue weighted by Crippen LogP contribution is -2.35. The number of hydrogen-bond acceptors (Lipinski definition) is 4. The molecular formula is C14H21N3O2. The van der Waals surface area contributed by atoms with Crippen LogP contribution in [0.3, 0.4) is 0 Å². The molecule has 0 radical (unpaired) electrons. The van der Waals surface area contributed by atoms with Crippen LogP contribution in [0.4, 0.5) is 0 Å². The number of hydrogen-bond donors (Lipinski definition) is 1. The van der Waals surface area contributed by atoms with Gasteiger partial charge in [0.1, 0.15) is 5.82 Å². The summed E-state index contributed by atoms with van der Waals surface area (Å²) in [7, 11) is 0. The Hall–Kier alpha value is -1.49. The summed E-state index contributed by atoms with van der Waals surface area (Å²) >= 11 is 0. The minimum Gasteiger partial charge on any atom is -0.481 e. The maximum Gasteiger partial charge on any atom is 0.303 e.